The number of amides is 2. The van der Waals surface area contributed by atoms with E-state index >= 15 is 0 Å². The van der Waals surface area contributed by atoms with Crippen LogP contribution >= 0.6 is 0 Å². The van der Waals surface area contributed by atoms with E-state index in [2.05, 4.69) is 47.0 Å². The Labute approximate surface area is 147 Å². The predicted octanol–water partition coefficient (Wildman–Crippen LogP) is 4.59. The van der Waals surface area contributed by atoms with Gasteiger partial charge in [0.05, 0.1) is 12.8 Å². The van der Waals surface area contributed by atoms with E-state index in [-0.39, 0.29) is 6.03 Å². The second kappa shape index (κ2) is 6.48. The van der Waals surface area contributed by atoms with E-state index in [1.165, 1.54) is 22.3 Å². The van der Waals surface area contributed by atoms with Crippen LogP contribution in [0.15, 0.2) is 66.1 Å². The number of urea groups is 1. The topological polar surface area (TPSA) is 50.4 Å². The number of carbonyl (C=O) groups is 1. The van der Waals surface area contributed by atoms with Crippen LogP contribution in [-0.4, -0.2) is 13.1 Å². The van der Waals surface area contributed by atoms with Crippen LogP contribution in [0.2, 0.25) is 0 Å². The van der Waals surface area contributed by atoms with Crippen molar-refractivity contribution in [2.45, 2.75) is 19.3 Å². The summed E-state index contributed by atoms with van der Waals surface area (Å²) in [5.41, 5.74) is 6.63. The number of hydrogen-bond acceptors (Lipinski definition) is 2. The van der Waals surface area contributed by atoms with Gasteiger partial charge in [-0.15, -0.1) is 0 Å². The molecule has 126 valence electrons. The number of carbonyl (C=O) groups excluding carboxylic acids is 1. The highest BCUT2D eigenvalue weighted by atomic mass is 16.5. The summed E-state index contributed by atoms with van der Waals surface area (Å²) in [6.07, 6.45) is 6.71. The lowest BCUT2D eigenvalue weighted by Crippen LogP contribution is -2.29. The van der Waals surface area contributed by atoms with Gasteiger partial charge in [0.15, 0.2) is 0 Å². The van der Waals surface area contributed by atoms with Gasteiger partial charge >= 0.3 is 6.03 Å². The van der Waals surface area contributed by atoms with Gasteiger partial charge in [0.2, 0.25) is 0 Å². The second-order valence-corrected chi connectivity index (χ2v) is 6.25. The van der Waals surface area contributed by atoms with Gasteiger partial charge in [-0.3, -0.25) is 0 Å². The fourth-order valence-electron chi connectivity index (χ4n) is 3.47. The van der Waals surface area contributed by atoms with Crippen LogP contribution in [0.25, 0.3) is 11.1 Å². The summed E-state index contributed by atoms with van der Waals surface area (Å²) >= 11 is 0. The van der Waals surface area contributed by atoms with Gasteiger partial charge in [0.1, 0.15) is 5.76 Å². The predicted molar refractivity (Wildman–Crippen MR) is 99.2 cm³/mol. The van der Waals surface area contributed by atoms with E-state index in [0.717, 1.165) is 30.6 Å². The van der Waals surface area contributed by atoms with Crippen molar-refractivity contribution in [3.8, 4) is 11.1 Å². The number of anilines is 1. The van der Waals surface area contributed by atoms with Crippen molar-refractivity contribution in [2.24, 2.45) is 0 Å². The van der Waals surface area contributed by atoms with Crippen LogP contribution in [0.5, 0.6) is 0 Å². The Hall–Kier alpha value is -3.01. The molecule has 2 aliphatic carbocycles. The zero-order valence-electron chi connectivity index (χ0n) is 14.1. The summed E-state index contributed by atoms with van der Waals surface area (Å²) in [7, 11) is 1.61. The molecule has 2 N–H and O–H groups in total. The van der Waals surface area contributed by atoms with E-state index in [1.807, 2.05) is 18.2 Å². The molecule has 25 heavy (non-hydrogen) atoms. The Kier molecular flexibility index (Phi) is 4.02. The molecule has 0 saturated heterocycles. The molecule has 0 atom stereocenters. The second-order valence-electron chi connectivity index (χ2n) is 6.25. The summed E-state index contributed by atoms with van der Waals surface area (Å²) in [6.45, 7) is 0. The van der Waals surface area contributed by atoms with Crippen molar-refractivity contribution in [2.75, 3.05) is 12.4 Å². The fraction of sp³-hybridized carbons (Fsp3) is 0.190. The minimum Gasteiger partial charge on any atom is -0.495 e. The summed E-state index contributed by atoms with van der Waals surface area (Å²) in [4.78, 5) is 12.3. The van der Waals surface area contributed by atoms with E-state index in [1.54, 1.807) is 7.11 Å². The summed E-state index contributed by atoms with van der Waals surface area (Å²) in [6, 6.07) is 14.3. The molecule has 0 heterocycles. The van der Waals surface area contributed by atoms with Gasteiger partial charge in [-0.05, 0) is 59.7 Å². The van der Waals surface area contributed by atoms with Crippen LogP contribution in [0, 0.1) is 0 Å². The Morgan fingerprint density at radius 3 is 2.64 bits per heavy atom. The van der Waals surface area contributed by atoms with Crippen molar-refractivity contribution in [1.82, 2.24) is 5.32 Å². The molecule has 0 bridgehead atoms. The van der Waals surface area contributed by atoms with Gasteiger partial charge in [-0.2, -0.15) is 0 Å². The van der Waals surface area contributed by atoms with Crippen LogP contribution in [-0.2, 0) is 11.2 Å². The number of methoxy groups -OCH3 is 1. The summed E-state index contributed by atoms with van der Waals surface area (Å²) < 4.78 is 5.30. The molecule has 0 radical (unpaired) electrons. The average Bonchev–Trinajstić information content (AvgIpc) is 2.99. The first-order valence-electron chi connectivity index (χ1n) is 8.48. The molecule has 2 aromatic rings. The maximum Gasteiger partial charge on any atom is 0.323 e. The van der Waals surface area contributed by atoms with Gasteiger partial charge in [-0.25, -0.2) is 4.79 Å². The third-order valence-corrected chi connectivity index (χ3v) is 4.63. The lowest BCUT2D eigenvalue weighted by Gasteiger charge is -2.16. The highest BCUT2D eigenvalue weighted by Gasteiger charge is 2.18. The highest BCUT2D eigenvalue weighted by Crippen LogP contribution is 2.37. The number of ether oxygens (including phenoxy) is 1. The Morgan fingerprint density at radius 1 is 0.960 bits per heavy atom. The number of fused-ring (bicyclic) bond motifs is 3. The molecule has 0 spiro atoms. The molecule has 4 rings (SSSR count). The zero-order valence-corrected chi connectivity index (χ0v) is 14.1. The van der Waals surface area contributed by atoms with Crippen LogP contribution in [0.3, 0.4) is 0 Å². The first kappa shape index (κ1) is 15.5. The highest BCUT2D eigenvalue weighted by molar-refractivity contribution is 5.92. The summed E-state index contributed by atoms with van der Waals surface area (Å²) in [5.74, 6) is 0.714. The monoisotopic (exact) mass is 332 g/mol. The Balaban J connectivity index is 1.47. The van der Waals surface area contributed by atoms with Gasteiger partial charge in [0, 0.05) is 5.69 Å². The third-order valence-electron chi connectivity index (χ3n) is 4.63. The van der Waals surface area contributed by atoms with Crippen molar-refractivity contribution >= 4 is 11.7 Å². The Morgan fingerprint density at radius 2 is 1.76 bits per heavy atom. The maximum atomic E-state index is 12.3. The number of hydrogen-bond donors (Lipinski definition) is 2. The quantitative estimate of drug-likeness (QED) is 0.737. The number of allylic oxidation sites excluding steroid dienone is 2. The van der Waals surface area contributed by atoms with Crippen molar-refractivity contribution in [3.05, 3.63) is 77.2 Å². The molecule has 2 aromatic carbocycles. The zero-order chi connectivity index (χ0) is 17.2. The SMILES string of the molecule is COC1=CCCC=C1NC(=O)Nc1ccc2c(c1)Cc1ccccc1-2. The number of nitrogens with one attached hydrogen (secondary N) is 2. The molecule has 0 fully saturated rings. The summed E-state index contributed by atoms with van der Waals surface area (Å²) in [5, 5.41) is 5.79. The fourth-order valence-corrected chi connectivity index (χ4v) is 3.47. The van der Waals surface area contributed by atoms with Gasteiger partial charge in [-0.1, -0.05) is 36.4 Å². The molecule has 4 heteroatoms. The first-order valence-corrected chi connectivity index (χ1v) is 8.48. The Bertz CT molecular complexity index is 897. The van der Waals surface area contributed by atoms with Crippen molar-refractivity contribution in [1.29, 1.82) is 0 Å². The van der Waals surface area contributed by atoms with Crippen LogP contribution in [0.1, 0.15) is 24.0 Å². The average molecular weight is 332 g/mol. The molecule has 2 aliphatic rings. The molecule has 0 aromatic heterocycles. The smallest absolute Gasteiger partial charge is 0.323 e. The largest absolute Gasteiger partial charge is 0.495 e. The normalized spacial score (nSPS) is 14.8. The third kappa shape index (κ3) is 3.03. The van der Waals surface area contributed by atoms with E-state index in [9.17, 15) is 4.79 Å². The van der Waals surface area contributed by atoms with Gasteiger partial charge in [0.25, 0.3) is 0 Å². The first-order chi connectivity index (χ1) is 12.2. The molecule has 0 unspecified atom stereocenters. The molecular formula is C21H20N2O2. The molecular weight excluding hydrogens is 312 g/mol. The molecule has 4 nitrogen and oxygen atoms in total. The number of benzene rings is 2. The van der Waals surface area contributed by atoms with Gasteiger partial charge < -0.3 is 15.4 Å². The molecule has 0 aliphatic heterocycles. The standard InChI is InChI=1S/C21H20N2O2/c1-25-20-9-5-4-8-19(20)23-21(24)22-16-10-11-18-15(13-16)12-14-6-2-3-7-17(14)18/h2-3,6-11,13H,4-5,12H2,1H3,(H2,22,23,24). The molecule has 0 saturated carbocycles. The van der Waals surface area contributed by atoms with Crippen LogP contribution in [0.4, 0.5) is 10.5 Å². The minimum atomic E-state index is -0.258. The van der Waals surface area contributed by atoms with E-state index in [0.29, 0.717) is 5.76 Å². The van der Waals surface area contributed by atoms with E-state index < -0.39 is 0 Å². The number of rotatable bonds is 3. The van der Waals surface area contributed by atoms with E-state index in [4.69, 9.17) is 4.74 Å². The van der Waals surface area contributed by atoms with Crippen molar-refractivity contribution in [3.63, 3.8) is 0 Å². The minimum absolute atomic E-state index is 0.258. The van der Waals surface area contributed by atoms with Crippen LogP contribution < -0.4 is 10.6 Å². The maximum absolute atomic E-state index is 12.3. The molecule has 2 amide bonds. The van der Waals surface area contributed by atoms with Crippen molar-refractivity contribution < 1.29 is 9.53 Å². The lowest BCUT2D eigenvalue weighted by molar-refractivity contribution is 0.251. The lowest BCUT2D eigenvalue weighted by atomic mass is 10.1.